The molecule has 0 aliphatic carbocycles. The van der Waals surface area contributed by atoms with E-state index in [4.69, 9.17) is 11.6 Å². The molecular weight excluding hydrogens is 281 g/mol. The smallest absolute Gasteiger partial charge is 0.253 e. The van der Waals surface area contributed by atoms with Gasteiger partial charge in [-0.25, -0.2) is 4.39 Å². The zero-order valence-corrected chi connectivity index (χ0v) is 11.8. The predicted molar refractivity (Wildman–Crippen MR) is 76.5 cm³/mol. The largest absolute Gasteiger partial charge is 0.506 e. The van der Waals surface area contributed by atoms with Gasteiger partial charge >= 0.3 is 0 Å². The molecular formula is C15H13ClFNO2. The summed E-state index contributed by atoms with van der Waals surface area (Å²) in [5, 5.41) is 9.43. The van der Waals surface area contributed by atoms with Crippen molar-refractivity contribution in [1.82, 2.24) is 4.90 Å². The van der Waals surface area contributed by atoms with Gasteiger partial charge in [-0.05, 0) is 17.7 Å². The first-order valence-corrected chi connectivity index (χ1v) is 6.28. The van der Waals surface area contributed by atoms with Crippen LogP contribution in [0.5, 0.6) is 5.75 Å². The molecule has 0 heterocycles. The molecule has 0 aliphatic rings. The Labute approximate surface area is 121 Å². The maximum Gasteiger partial charge on any atom is 0.253 e. The molecule has 1 amide bonds. The van der Waals surface area contributed by atoms with E-state index in [1.165, 1.54) is 11.0 Å². The lowest BCUT2D eigenvalue weighted by Crippen LogP contribution is -2.22. The Morgan fingerprint density at radius 1 is 1.20 bits per heavy atom. The van der Waals surface area contributed by atoms with Gasteiger partial charge in [-0.1, -0.05) is 29.8 Å². The molecule has 0 atom stereocenters. The van der Waals surface area contributed by atoms with E-state index in [1.807, 2.05) is 0 Å². The van der Waals surface area contributed by atoms with Crippen molar-refractivity contribution in [2.45, 2.75) is 0 Å². The summed E-state index contributed by atoms with van der Waals surface area (Å²) in [5.74, 6) is -1.19. The van der Waals surface area contributed by atoms with Crippen LogP contribution in [0, 0.1) is 5.82 Å². The molecule has 3 nitrogen and oxygen atoms in total. The van der Waals surface area contributed by atoms with Crippen LogP contribution in [0.15, 0.2) is 36.4 Å². The van der Waals surface area contributed by atoms with Gasteiger partial charge in [0.25, 0.3) is 5.91 Å². The molecule has 0 radical (unpaired) electrons. The van der Waals surface area contributed by atoms with Crippen LogP contribution in [0.3, 0.4) is 0 Å². The minimum atomic E-state index is -0.633. The van der Waals surface area contributed by atoms with Crippen LogP contribution in [0.2, 0.25) is 5.02 Å². The Kier molecular flexibility index (Phi) is 3.95. The van der Waals surface area contributed by atoms with Gasteiger partial charge in [-0.2, -0.15) is 0 Å². The third kappa shape index (κ3) is 2.60. The van der Waals surface area contributed by atoms with Gasteiger partial charge in [0, 0.05) is 31.3 Å². The number of halogens is 2. The fourth-order valence-electron chi connectivity index (χ4n) is 1.89. The Bertz CT molecular complexity index is 671. The molecule has 0 spiro atoms. The van der Waals surface area contributed by atoms with E-state index in [0.717, 1.165) is 6.07 Å². The average Bonchev–Trinajstić information content (AvgIpc) is 2.42. The highest BCUT2D eigenvalue weighted by Crippen LogP contribution is 2.34. The highest BCUT2D eigenvalue weighted by molar-refractivity contribution is 6.32. The van der Waals surface area contributed by atoms with Crippen molar-refractivity contribution in [2.75, 3.05) is 14.1 Å². The van der Waals surface area contributed by atoms with Crippen molar-refractivity contribution >= 4 is 17.5 Å². The zero-order valence-electron chi connectivity index (χ0n) is 11.0. The van der Waals surface area contributed by atoms with Crippen LogP contribution in [0.25, 0.3) is 11.1 Å². The van der Waals surface area contributed by atoms with Gasteiger partial charge in [0.1, 0.15) is 11.6 Å². The second-order valence-corrected chi connectivity index (χ2v) is 4.94. The third-order valence-electron chi connectivity index (χ3n) is 2.89. The third-order valence-corrected chi connectivity index (χ3v) is 3.19. The normalized spacial score (nSPS) is 10.4. The van der Waals surface area contributed by atoms with E-state index in [0.29, 0.717) is 11.1 Å². The molecule has 0 unspecified atom stereocenters. The first-order valence-electron chi connectivity index (χ1n) is 5.91. The van der Waals surface area contributed by atoms with Crippen LogP contribution in [-0.4, -0.2) is 30.0 Å². The molecule has 0 fully saturated rings. The number of amides is 1. The Balaban J connectivity index is 2.65. The molecule has 1 N–H and O–H groups in total. The lowest BCUT2D eigenvalue weighted by Gasteiger charge is -2.15. The Hall–Kier alpha value is -2.07. The van der Waals surface area contributed by atoms with Gasteiger partial charge in [-0.3, -0.25) is 4.79 Å². The van der Waals surface area contributed by atoms with Crippen LogP contribution in [-0.2, 0) is 0 Å². The predicted octanol–water partition coefficient (Wildman–Crippen LogP) is 3.55. The number of phenols is 1. The fourth-order valence-corrected chi connectivity index (χ4v) is 2.05. The van der Waals surface area contributed by atoms with Crippen LogP contribution in [0.4, 0.5) is 4.39 Å². The van der Waals surface area contributed by atoms with E-state index < -0.39 is 5.82 Å². The van der Waals surface area contributed by atoms with Crippen molar-refractivity contribution in [3.05, 3.63) is 52.8 Å². The SMILES string of the molecule is CN(C)C(=O)c1ccccc1-c1cc(Cl)c(O)cc1F. The molecule has 0 bridgehead atoms. The molecule has 2 rings (SSSR count). The number of rotatable bonds is 2. The Morgan fingerprint density at radius 3 is 2.50 bits per heavy atom. The van der Waals surface area contributed by atoms with Gasteiger partial charge < -0.3 is 10.0 Å². The van der Waals surface area contributed by atoms with Crippen LogP contribution >= 0.6 is 11.6 Å². The van der Waals surface area contributed by atoms with Gasteiger partial charge in [0.15, 0.2) is 0 Å². The van der Waals surface area contributed by atoms with Gasteiger partial charge in [0.05, 0.1) is 5.02 Å². The number of phenolic OH excluding ortho intramolecular Hbond substituents is 1. The summed E-state index contributed by atoms with van der Waals surface area (Å²) in [7, 11) is 3.25. The molecule has 2 aromatic rings. The standard InChI is InChI=1S/C15H13ClFNO2/c1-18(2)15(20)10-6-4-3-5-9(10)11-7-12(16)14(19)8-13(11)17/h3-8,19H,1-2H3. The summed E-state index contributed by atoms with van der Waals surface area (Å²) in [6, 6.07) is 8.94. The summed E-state index contributed by atoms with van der Waals surface area (Å²) in [5.41, 5.74) is 0.988. The number of benzene rings is 2. The number of carbonyl (C=O) groups excluding carboxylic acids is 1. The van der Waals surface area contributed by atoms with E-state index in [9.17, 15) is 14.3 Å². The Morgan fingerprint density at radius 2 is 1.85 bits per heavy atom. The first kappa shape index (κ1) is 14.3. The number of nitrogens with zero attached hydrogens (tertiary/aromatic N) is 1. The molecule has 0 saturated carbocycles. The lowest BCUT2D eigenvalue weighted by atomic mass is 9.98. The van der Waals surface area contributed by atoms with Crippen LogP contribution < -0.4 is 0 Å². The summed E-state index contributed by atoms with van der Waals surface area (Å²) in [6.45, 7) is 0. The summed E-state index contributed by atoms with van der Waals surface area (Å²) >= 11 is 5.82. The quantitative estimate of drug-likeness (QED) is 0.920. The molecule has 0 aromatic heterocycles. The minimum absolute atomic E-state index is 0.0357. The highest BCUT2D eigenvalue weighted by atomic mass is 35.5. The fraction of sp³-hybridized carbons (Fsp3) is 0.133. The minimum Gasteiger partial charge on any atom is -0.506 e. The highest BCUT2D eigenvalue weighted by Gasteiger charge is 2.17. The second kappa shape index (κ2) is 5.51. The number of aromatic hydroxyl groups is 1. The van der Waals surface area contributed by atoms with Gasteiger partial charge in [-0.15, -0.1) is 0 Å². The average molecular weight is 294 g/mol. The van der Waals surface area contributed by atoms with E-state index >= 15 is 0 Å². The molecule has 0 aliphatic heterocycles. The zero-order chi connectivity index (χ0) is 14.9. The molecule has 2 aromatic carbocycles. The summed E-state index contributed by atoms with van der Waals surface area (Å²) in [6.07, 6.45) is 0. The van der Waals surface area contributed by atoms with E-state index in [2.05, 4.69) is 0 Å². The summed E-state index contributed by atoms with van der Waals surface area (Å²) in [4.78, 5) is 13.5. The van der Waals surface area contributed by atoms with Crippen LogP contribution in [0.1, 0.15) is 10.4 Å². The molecule has 0 saturated heterocycles. The molecule has 104 valence electrons. The van der Waals surface area contributed by atoms with Crippen molar-refractivity contribution in [2.24, 2.45) is 0 Å². The maximum atomic E-state index is 14.0. The monoisotopic (exact) mass is 293 g/mol. The number of carbonyl (C=O) groups is 1. The maximum absolute atomic E-state index is 14.0. The van der Waals surface area contributed by atoms with E-state index in [-0.39, 0.29) is 22.2 Å². The summed E-state index contributed by atoms with van der Waals surface area (Å²) < 4.78 is 14.0. The van der Waals surface area contributed by atoms with Crippen molar-refractivity contribution in [1.29, 1.82) is 0 Å². The van der Waals surface area contributed by atoms with Crippen molar-refractivity contribution in [3.8, 4) is 16.9 Å². The second-order valence-electron chi connectivity index (χ2n) is 4.53. The van der Waals surface area contributed by atoms with Crippen molar-refractivity contribution < 1.29 is 14.3 Å². The topological polar surface area (TPSA) is 40.5 Å². The number of hydrogen-bond acceptors (Lipinski definition) is 2. The number of hydrogen-bond donors (Lipinski definition) is 1. The van der Waals surface area contributed by atoms with E-state index in [1.54, 1.807) is 38.4 Å². The first-order chi connectivity index (χ1) is 9.41. The molecule has 20 heavy (non-hydrogen) atoms. The lowest BCUT2D eigenvalue weighted by molar-refractivity contribution is 0.0828. The van der Waals surface area contributed by atoms with Gasteiger partial charge in [0.2, 0.25) is 0 Å². The molecule has 5 heteroatoms. The van der Waals surface area contributed by atoms with Crippen molar-refractivity contribution in [3.63, 3.8) is 0 Å².